The summed E-state index contributed by atoms with van der Waals surface area (Å²) >= 11 is 0. The van der Waals surface area contributed by atoms with E-state index in [0.717, 1.165) is 60.7 Å². The van der Waals surface area contributed by atoms with Gasteiger partial charge in [0.1, 0.15) is 40.5 Å². The van der Waals surface area contributed by atoms with Gasteiger partial charge in [0.2, 0.25) is 0 Å². The molecule has 0 aliphatic rings. The van der Waals surface area contributed by atoms with Gasteiger partial charge in [-0.1, -0.05) is 59.4 Å². The third kappa shape index (κ3) is 13.5. The number of hydrogen-bond acceptors (Lipinski definition) is 20. The molecular weight excluding hydrogens is 1040 g/mol. The first-order valence-electron chi connectivity index (χ1n) is 14.8. The fraction of sp³-hybridized carbons (Fsp3) is 0. The molecule has 0 N–H and O–H groups in total. The summed E-state index contributed by atoms with van der Waals surface area (Å²) in [4.78, 5) is -4.26. The van der Waals surface area contributed by atoms with Gasteiger partial charge in [-0.05, 0) is 70.4 Å². The summed E-state index contributed by atoms with van der Waals surface area (Å²) in [6, 6.07) is 12.9. The van der Waals surface area contributed by atoms with Crippen LogP contribution in [0.5, 0.6) is 23.0 Å². The maximum Gasteiger partial charge on any atom is 2.00 e. The summed E-state index contributed by atoms with van der Waals surface area (Å²) in [5, 5.41) is 65.3. The van der Waals surface area contributed by atoms with Gasteiger partial charge >= 0.3 is 152 Å². The van der Waals surface area contributed by atoms with Crippen molar-refractivity contribution in [2.24, 2.45) is 20.5 Å². The van der Waals surface area contributed by atoms with Crippen LogP contribution >= 0.6 is 0 Å². The second-order valence-corrected chi connectivity index (χ2v) is 16.9. The Kier molecular flexibility index (Phi) is 22.7. The van der Waals surface area contributed by atoms with Gasteiger partial charge in [0.25, 0.3) is 0 Å². The van der Waals surface area contributed by atoms with Gasteiger partial charge < -0.3 is 38.6 Å². The molecule has 0 aliphatic heterocycles. The molecular formula is C32H14Cu2N4Na4O16S4. The van der Waals surface area contributed by atoms with Crippen molar-refractivity contribution in [2.45, 2.75) is 19.6 Å². The second-order valence-electron chi connectivity index (χ2n) is 11.5. The summed E-state index contributed by atoms with van der Waals surface area (Å²) in [6.45, 7) is 0. The van der Waals surface area contributed by atoms with Crippen molar-refractivity contribution in [3.63, 3.8) is 0 Å². The van der Waals surface area contributed by atoms with Crippen molar-refractivity contribution in [3.05, 3.63) is 84.9 Å². The third-order valence-electron chi connectivity index (χ3n) is 7.89. The van der Waals surface area contributed by atoms with Crippen LogP contribution in [0, 0.1) is 0 Å². The SMILES string of the molecule is O=S(=O)([O-])c1ccc2c(N=Nc3ccc(-c4ccc(N=Nc5c([O-])c(S(=O)(=O)[O-])cc6cc(S(=O)(=O)[O-])ccc56)c([O-])c4)cc3[O-])c([O-])c(S(=O)(=O)[O-])cc2c1.[Cu+2].[Cu+2].[Na+].[Na+].[Na+].[Na+]. The maximum atomic E-state index is 13.0. The Bertz CT molecular complexity index is 3010. The Balaban J connectivity index is 0.00000620. The Morgan fingerprint density at radius 3 is 0.984 bits per heavy atom. The molecule has 6 rings (SSSR count). The predicted molar refractivity (Wildman–Crippen MR) is 178 cm³/mol. The van der Waals surface area contributed by atoms with Gasteiger partial charge in [-0.3, -0.25) is 0 Å². The normalized spacial score (nSPS) is 11.7. The molecule has 6 aromatic rings. The van der Waals surface area contributed by atoms with Crippen LogP contribution in [0.15, 0.2) is 125 Å². The van der Waals surface area contributed by atoms with Gasteiger partial charge in [-0.25, -0.2) is 33.7 Å². The second kappa shape index (κ2) is 23.1. The minimum Gasteiger partial charge on any atom is -0.871 e. The average molecular weight is 1060 g/mol. The van der Waals surface area contributed by atoms with Crippen LogP contribution in [0.3, 0.4) is 0 Å². The van der Waals surface area contributed by atoms with Gasteiger partial charge in [-0.15, -0.1) is 0 Å². The molecule has 0 fully saturated rings. The number of benzene rings is 6. The number of nitrogens with zero attached hydrogens (tertiary/aromatic N) is 4. The molecule has 0 amide bonds. The van der Waals surface area contributed by atoms with Crippen molar-refractivity contribution >= 4 is 84.8 Å². The van der Waals surface area contributed by atoms with Crippen molar-refractivity contribution in [1.29, 1.82) is 0 Å². The summed E-state index contributed by atoms with van der Waals surface area (Å²) in [6.07, 6.45) is 0. The molecule has 0 heterocycles. The summed E-state index contributed by atoms with van der Waals surface area (Å²) in [5.74, 6) is -4.54. The zero-order valence-corrected chi connectivity index (χ0v) is 44.8. The van der Waals surface area contributed by atoms with Crippen LogP contribution in [0.1, 0.15) is 0 Å². The molecule has 0 aliphatic carbocycles. The molecule has 0 atom stereocenters. The van der Waals surface area contributed by atoms with Gasteiger partial charge in [-0.2, -0.15) is 20.5 Å². The monoisotopic (exact) mass is 1060 g/mol. The molecule has 0 spiro atoms. The summed E-state index contributed by atoms with van der Waals surface area (Å²) in [5.41, 5.74) is -2.14. The van der Waals surface area contributed by atoms with E-state index in [-0.39, 0.29) is 185 Å². The van der Waals surface area contributed by atoms with E-state index in [1.807, 2.05) is 0 Å². The van der Waals surface area contributed by atoms with Crippen molar-refractivity contribution in [2.75, 3.05) is 0 Å². The van der Waals surface area contributed by atoms with Gasteiger partial charge in [0, 0.05) is 20.6 Å². The van der Waals surface area contributed by atoms with Crippen LogP contribution in [0.25, 0.3) is 32.7 Å². The fourth-order valence-corrected chi connectivity index (χ4v) is 7.49. The topological polar surface area (TPSA) is 370 Å². The van der Waals surface area contributed by atoms with Crippen molar-refractivity contribution in [3.8, 4) is 34.1 Å². The molecule has 30 heteroatoms. The third-order valence-corrected chi connectivity index (χ3v) is 11.2. The van der Waals surface area contributed by atoms with E-state index in [4.69, 9.17) is 0 Å². The number of fused-ring (bicyclic) bond motifs is 2. The van der Waals surface area contributed by atoms with Crippen LogP contribution in [-0.2, 0) is 74.6 Å². The Morgan fingerprint density at radius 1 is 0.387 bits per heavy atom. The summed E-state index contributed by atoms with van der Waals surface area (Å²) < 4.78 is 139. The maximum absolute atomic E-state index is 13.0. The van der Waals surface area contributed by atoms with Crippen LogP contribution in [0.2, 0.25) is 0 Å². The Hall–Kier alpha value is -1.08. The average Bonchev–Trinajstić information content (AvgIpc) is 3.09. The van der Waals surface area contributed by atoms with Gasteiger partial charge in [0.05, 0.1) is 32.5 Å². The van der Waals surface area contributed by atoms with Crippen LogP contribution < -0.4 is 139 Å². The van der Waals surface area contributed by atoms with E-state index in [9.17, 15) is 72.3 Å². The van der Waals surface area contributed by atoms with Crippen molar-refractivity contribution in [1.82, 2.24) is 0 Å². The zero-order valence-electron chi connectivity index (χ0n) is 31.6. The molecule has 308 valence electrons. The standard InChI is InChI=1S/C32H22N4O16S4.2Cu.4Na/c37-25-11-15(1-7-23(25)33-35-29-21-5-3-19(53(41,42)43)9-17(21)13-27(31(29)39)55(47,48)49)16-2-8-24(26(38)12-16)34-36-30-22-6-4-20(54(44,45)46)10-18(22)14-28(32(30)40)56(50,51)52;;;;;;/h1-14,37-40H,(H,41,42,43)(H,44,45,46)(H,47,48,49)(H,50,51,52);;;;;;/q;2*+2;4*+1/p-8. The molecule has 2 radical (unpaired) electrons. The largest absolute Gasteiger partial charge is 2.00 e. The summed E-state index contributed by atoms with van der Waals surface area (Å²) in [7, 11) is -20.9. The minimum atomic E-state index is -5.44. The number of rotatable bonds is 9. The molecule has 0 saturated heterocycles. The van der Waals surface area contributed by atoms with E-state index in [2.05, 4.69) is 20.5 Å². The van der Waals surface area contributed by atoms with E-state index in [1.165, 1.54) is 12.1 Å². The molecule has 6 aromatic carbocycles. The van der Waals surface area contributed by atoms with E-state index < -0.39 is 106 Å². The first-order valence-corrected chi connectivity index (χ1v) is 20.4. The quantitative estimate of drug-likeness (QED) is 0.0737. The van der Waals surface area contributed by atoms with E-state index in [1.54, 1.807) is 0 Å². The smallest absolute Gasteiger partial charge is 0.871 e. The molecule has 0 aromatic heterocycles. The fourth-order valence-electron chi connectivity index (χ4n) is 5.28. The zero-order chi connectivity index (χ0) is 41.1. The molecule has 0 unspecified atom stereocenters. The van der Waals surface area contributed by atoms with Crippen LogP contribution in [-0.4, -0.2) is 51.9 Å². The van der Waals surface area contributed by atoms with Gasteiger partial charge in [0.15, 0.2) is 0 Å². The first-order chi connectivity index (χ1) is 25.9. The Morgan fingerprint density at radius 2 is 0.710 bits per heavy atom. The molecule has 62 heavy (non-hydrogen) atoms. The number of azo groups is 2. The predicted octanol–water partition coefficient (Wildman–Crippen LogP) is -9.59. The van der Waals surface area contributed by atoms with Crippen LogP contribution in [0.4, 0.5) is 22.7 Å². The molecule has 20 nitrogen and oxygen atoms in total. The minimum absolute atomic E-state index is 0. The number of hydrogen-bond donors (Lipinski definition) is 0. The first kappa shape index (κ1) is 60.9. The molecule has 0 bridgehead atoms. The Labute approximate surface area is 461 Å². The molecule has 0 saturated carbocycles. The van der Waals surface area contributed by atoms with Crippen molar-refractivity contribution < 1.29 is 225 Å². The van der Waals surface area contributed by atoms with E-state index >= 15 is 0 Å². The van der Waals surface area contributed by atoms with E-state index in [0.29, 0.717) is 12.1 Å².